The fraction of sp³-hybridized carbons (Fsp3) is 0.455. The number of aryl methyl sites for hydroxylation is 3. The van der Waals surface area contributed by atoms with Gasteiger partial charge in [0.25, 0.3) is 5.91 Å². The third-order valence-corrected chi connectivity index (χ3v) is 5.27. The minimum Gasteiger partial charge on any atom is -0.356 e. The molecule has 1 saturated heterocycles. The second-order valence-electron chi connectivity index (χ2n) is 7.26. The van der Waals surface area contributed by atoms with E-state index in [0.717, 1.165) is 25.8 Å². The minimum absolute atomic E-state index is 0.0564. The van der Waals surface area contributed by atoms with Crippen LogP contribution in [0.5, 0.6) is 0 Å². The van der Waals surface area contributed by atoms with E-state index in [9.17, 15) is 9.59 Å². The van der Waals surface area contributed by atoms with Crippen LogP contribution in [0.25, 0.3) is 0 Å². The normalized spacial score (nSPS) is 14.9. The molecule has 1 aromatic carbocycles. The van der Waals surface area contributed by atoms with E-state index in [0.29, 0.717) is 31.6 Å². The van der Waals surface area contributed by atoms with E-state index in [2.05, 4.69) is 31.2 Å². The van der Waals surface area contributed by atoms with Crippen LogP contribution in [-0.4, -0.2) is 52.4 Å². The highest BCUT2D eigenvalue weighted by atomic mass is 16.2. The summed E-state index contributed by atoms with van der Waals surface area (Å²) in [7, 11) is 1.91. The molecular formula is C22H29N3O2. The predicted octanol–water partition coefficient (Wildman–Crippen LogP) is 2.89. The molecule has 0 saturated carbocycles. The molecule has 5 heteroatoms. The molecule has 0 radical (unpaired) electrons. The van der Waals surface area contributed by atoms with Gasteiger partial charge < -0.3 is 14.4 Å². The van der Waals surface area contributed by atoms with E-state index in [1.165, 1.54) is 11.1 Å². The van der Waals surface area contributed by atoms with Crippen LogP contribution in [0, 0.1) is 0 Å². The molecule has 2 amide bonds. The molecule has 1 fully saturated rings. The Kier molecular flexibility index (Phi) is 6.32. The Morgan fingerprint density at radius 2 is 1.59 bits per heavy atom. The molecule has 27 heavy (non-hydrogen) atoms. The number of nitrogens with zero attached hydrogens (tertiary/aromatic N) is 3. The van der Waals surface area contributed by atoms with Gasteiger partial charge in [0.05, 0.1) is 5.56 Å². The highest BCUT2D eigenvalue weighted by Gasteiger charge is 2.23. The topological polar surface area (TPSA) is 45.6 Å². The van der Waals surface area contributed by atoms with E-state index in [1.54, 1.807) is 0 Å². The Morgan fingerprint density at radius 3 is 2.26 bits per heavy atom. The zero-order valence-electron chi connectivity index (χ0n) is 16.4. The molecule has 0 atom stereocenters. The number of hydrogen-bond donors (Lipinski definition) is 0. The Bertz CT molecular complexity index is 779. The van der Waals surface area contributed by atoms with Crippen LogP contribution >= 0.6 is 0 Å². The fourth-order valence-corrected chi connectivity index (χ4v) is 3.53. The highest BCUT2D eigenvalue weighted by Crippen LogP contribution is 2.12. The summed E-state index contributed by atoms with van der Waals surface area (Å²) in [4.78, 5) is 29.0. The van der Waals surface area contributed by atoms with Crippen LogP contribution in [0.1, 0.15) is 41.3 Å². The summed E-state index contributed by atoms with van der Waals surface area (Å²) in [6.07, 6.45) is 6.89. The van der Waals surface area contributed by atoms with Crippen molar-refractivity contribution in [3.63, 3.8) is 0 Å². The van der Waals surface area contributed by atoms with E-state index in [-0.39, 0.29) is 11.8 Å². The molecule has 1 aliphatic rings. The van der Waals surface area contributed by atoms with Gasteiger partial charge >= 0.3 is 0 Å². The van der Waals surface area contributed by atoms with Gasteiger partial charge in [-0.05, 0) is 36.5 Å². The van der Waals surface area contributed by atoms with Gasteiger partial charge in [-0.2, -0.15) is 0 Å². The molecular weight excluding hydrogens is 338 g/mol. The molecule has 1 aromatic heterocycles. The number of hydrogen-bond acceptors (Lipinski definition) is 2. The smallest absolute Gasteiger partial charge is 0.255 e. The Labute approximate surface area is 161 Å². The van der Waals surface area contributed by atoms with Gasteiger partial charge in [0.1, 0.15) is 0 Å². The summed E-state index contributed by atoms with van der Waals surface area (Å²) < 4.78 is 1.88. The third-order valence-electron chi connectivity index (χ3n) is 5.27. The van der Waals surface area contributed by atoms with Crippen LogP contribution in [0.15, 0.2) is 42.7 Å². The van der Waals surface area contributed by atoms with Gasteiger partial charge in [-0.3, -0.25) is 9.59 Å². The Morgan fingerprint density at radius 1 is 0.926 bits per heavy atom. The maximum Gasteiger partial charge on any atom is 0.255 e. The van der Waals surface area contributed by atoms with Crippen molar-refractivity contribution < 1.29 is 9.59 Å². The maximum atomic E-state index is 12.6. The minimum atomic E-state index is 0.0564. The predicted molar refractivity (Wildman–Crippen MR) is 107 cm³/mol. The van der Waals surface area contributed by atoms with Crippen molar-refractivity contribution >= 4 is 11.8 Å². The van der Waals surface area contributed by atoms with Gasteiger partial charge in [0, 0.05) is 52.0 Å². The van der Waals surface area contributed by atoms with Crippen molar-refractivity contribution in [2.24, 2.45) is 7.05 Å². The fourth-order valence-electron chi connectivity index (χ4n) is 3.53. The molecule has 0 unspecified atom stereocenters. The summed E-state index contributed by atoms with van der Waals surface area (Å²) in [5, 5.41) is 0. The first-order chi connectivity index (χ1) is 13.1. The average molecular weight is 367 g/mol. The van der Waals surface area contributed by atoms with Crippen molar-refractivity contribution in [3.05, 3.63) is 59.4 Å². The first-order valence-corrected chi connectivity index (χ1v) is 9.83. The van der Waals surface area contributed by atoms with E-state index in [4.69, 9.17) is 0 Å². The van der Waals surface area contributed by atoms with E-state index >= 15 is 0 Å². The van der Waals surface area contributed by atoms with Crippen LogP contribution in [0.2, 0.25) is 0 Å². The number of benzene rings is 1. The van der Waals surface area contributed by atoms with Crippen molar-refractivity contribution in [2.45, 2.75) is 32.6 Å². The van der Waals surface area contributed by atoms with Crippen molar-refractivity contribution in [1.82, 2.24) is 14.4 Å². The molecule has 2 heterocycles. The lowest BCUT2D eigenvalue weighted by atomic mass is 10.1. The lowest BCUT2D eigenvalue weighted by Gasteiger charge is -2.22. The summed E-state index contributed by atoms with van der Waals surface area (Å²) in [5.74, 6) is 0.240. The number of rotatable bonds is 5. The molecule has 0 bridgehead atoms. The van der Waals surface area contributed by atoms with Crippen LogP contribution in [-0.2, 0) is 24.7 Å². The van der Waals surface area contributed by atoms with Crippen molar-refractivity contribution in [2.75, 3.05) is 26.2 Å². The molecule has 0 spiro atoms. The second kappa shape index (κ2) is 8.89. The van der Waals surface area contributed by atoms with Gasteiger partial charge in [-0.1, -0.05) is 31.2 Å². The van der Waals surface area contributed by atoms with E-state index < -0.39 is 0 Å². The Balaban J connectivity index is 1.50. The number of carbonyl (C=O) groups is 2. The van der Waals surface area contributed by atoms with Crippen molar-refractivity contribution in [3.8, 4) is 0 Å². The average Bonchev–Trinajstić information content (AvgIpc) is 2.98. The van der Waals surface area contributed by atoms with Gasteiger partial charge in [0.2, 0.25) is 5.91 Å². The molecule has 144 valence electrons. The summed E-state index contributed by atoms with van der Waals surface area (Å²) in [5.41, 5.74) is 3.24. The quantitative estimate of drug-likeness (QED) is 0.816. The molecule has 1 aliphatic heterocycles. The number of aromatic nitrogens is 1. The second-order valence-corrected chi connectivity index (χ2v) is 7.26. The molecule has 0 N–H and O–H groups in total. The van der Waals surface area contributed by atoms with Gasteiger partial charge in [0.15, 0.2) is 0 Å². The SMILES string of the molecule is CCc1ccc(CCC(=O)N2CCCN(C(=O)c3ccn(C)c3)CC2)cc1. The third kappa shape index (κ3) is 5.00. The molecule has 3 rings (SSSR count). The summed E-state index contributed by atoms with van der Waals surface area (Å²) in [6.45, 7) is 4.79. The van der Waals surface area contributed by atoms with Crippen LogP contribution in [0.3, 0.4) is 0 Å². The first kappa shape index (κ1) is 19.2. The number of amides is 2. The zero-order valence-corrected chi connectivity index (χ0v) is 16.4. The molecule has 0 aliphatic carbocycles. The monoisotopic (exact) mass is 367 g/mol. The first-order valence-electron chi connectivity index (χ1n) is 9.83. The lowest BCUT2D eigenvalue weighted by molar-refractivity contribution is -0.131. The van der Waals surface area contributed by atoms with Crippen LogP contribution in [0.4, 0.5) is 0 Å². The summed E-state index contributed by atoms with van der Waals surface area (Å²) in [6, 6.07) is 10.4. The van der Waals surface area contributed by atoms with Gasteiger partial charge in [-0.15, -0.1) is 0 Å². The molecule has 2 aromatic rings. The summed E-state index contributed by atoms with van der Waals surface area (Å²) >= 11 is 0. The maximum absolute atomic E-state index is 12.6. The zero-order chi connectivity index (χ0) is 19.2. The van der Waals surface area contributed by atoms with E-state index in [1.807, 2.05) is 39.9 Å². The van der Waals surface area contributed by atoms with Crippen LogP contribution < -0.4 is 0 Å². The Hall–Kier alpha value is -2.56. The van der Waals surface area contributed by atoms with Crippen molar-refractivity contribution in [1.29, 1.82) is 0 Å². The van der Waals surface area contributed by atoms with Gasteiger partial charge in [-0.25, -0.2) is 0 Å². The largest absolute Gasteiger partial charge is 0.356 e. The number of carbonyl (C=O) groups excluding carboxylic acids is 2. The highest BCUT2D eigenvalue weighted by molar-refractivity contribution is 5.94. The standard InChI is InChI=1S/C22H29N3O2/c1-3-18-5-7-19(8-6-18)9-10-21(26)24-12-4-13-25(16-15-24)22(27)20-11-14-23(2)17-20/h5-8,11,14,17H,3-4,9-10,12-13,15-16H2,1-2H3. The molecule has 5 nitrogen and oxygen atoms in total. The lowest BCUT2D eigenvalue weighted by Crippen LogP contribution is -2.37.